The first-order valence-electron chi connectivity index (χ1n) is 6.28. The van der Waals surface area contributed by atoms with Crippen molar-refractivity contribution in [2.45, 2.75) is 13.0 Å². The number of nitrogens with zero attached hydrogens (tertiary/aromatic N) is 1. The summed E-state index contributed by atoms with van der Waals surface area (Å²) in [6.07, 6.45) is 3.19. The van der Waals surface area contributed by atoms with E-state index in [1.54, 1.807) is 25.6 Å². The molecule has 0 aliphatic rings. The Morgan fingerprint density at radius 1 is 1.25 bits per heavy atom. The first-order chi connectivity index (χ1) is 9.65. The monoisotopic (exact) mass is 292 g/mol. The van der Waals surface area contributed by atoms with Crippen LogP contribution in [0, 0.1) is 0 Å². The molecule has 1 unspecified atom stereocenters. The van der Waals surface area contributed by atoms with Crippen LogP contribution in [0.25, 0.3) is 0 Å². The molecule has 5 heteroatoms. The van der Waals surface area contributed by atoms with Crippen molar-refractivity contribution in [1.82, 2.24) is 10.3 Å². The molecule has 0 bridgehead atoms. The lowest BCUT2D eigenvalue weighted by molar-refractivity contribution is 0.393. The van der Waals surface area contributed by atoms with Crippen LogP contribution in [-0.2, 0) is 0 Å². The van der Waals surface area contributed by atoms with Crippen LogP contribution < -0.4 is 14.8 Å². The second-order valence-corrected chi connectivity index (χ2v) is 4.76. The third-order valence-corrected chi connectivity index (χ3v) is 3.23. The number of pyridine rings is 1. The molecule has 0 amide bonds. The Labute approximate surface area is 123 Å². The summed E-state index contributed by atoms with van der Waals surface area (Å²) >= 11 is 5.92. The van der Waals surface area contributed by atoms with Crippen molar-refractivity contribution in [2.24, 2.45) is 0 Å². The summed E-state index contributed by atoms with van der Waals surface area (Å²) in [5.74, 6) is 2.09. The van der Waals surface area contributed by atoms with Crippen LogP contribution in [0.4, 0.5) is 0 Å². The molecule has 1 N–H and O–H groups in total. The number of methoxy groups -OCH3 is 1. The lowest BCUT2D eigenvalue weighted by Gasteiger charge is -2.19. The highest BCUT2D eigenvalue weighted by molar-refractivity contribution is 6.30. The Hall–Kier alpha value is -1.78. The van der Waals surface area contributed by atoms with Crippen molar-refractivity contribution in [3.8, 4) is 17.2 Å². The van der Waals surface area contributed by atoms with Crippen molar-refractivity contribution in [3.05, 3.63) is 47.2 Å². The van der Waals surface area contributed by atoms with Gasteiger partial charge in [0.05, 0.1) is 23.9 Å². The van der Waals surface area contributed by atoms with E-state index in [0.717, 1.165) is 17.1 Å². The SMILES string of the molecule is CNC(C)c1c(OC)cccc1Oc1cncc(Cl)c1. The zero-order valence-electron chi connectivity index (χ0n) is 11.7. The third kappa shape index (κ3) is 3.21. The third-order valence-electron chi connectivity index (χ3n) is 3.02. The zero-order chi connectivity index (χ0) is 14.5. The van der Waals surface area contributed by atoms with Gasteiger partial charge in [-0.3, -0.25) is 4.98 Å². The Bertz CT molecular complexity index is 590. The van der Waals surface area contributed by atoms with Gasteiger partial charge in [-0.15, -0.1) is 0 Å². The first-order valence-corrected chi connectivity index (χ1v) is 6.66. The van der Waals surface area contributed by atoms with Gasteiger partial charge in [-0.25, -0.2) is 0 Å². The van der Waals surface area contributed by atoms with Crippen LogP contribution in [0.1, 0.15) is 18.5 Å². The smallest absolute Gasteiger partial charge is 0.147 e. The van der Waals surface area contributed by atoms with Crippen LogP contribution in [0.2, 0.25) is 5.02 Å². The van der Waals surface area contributed by atoms with E-state index < -0.39 is 0 Å². The van der Waals surface area contributed by atoms with E-state index in [1.807, 2.05) is 32.2 Å². The second kappa shape index (κ2) is 6.59. The Balaban J connectivity index is 2.40. The Morgan fingerprint density at radius 3 is 2.65 bits per heavy atom. The van der Waals surface area contributed by atoms with Gasteiger partial charge < -0.3 is 14.8 Å². The molecular weight excluding hydrogens is 276 g/mol. The van der Waals surface area contributed by atoms with E-state index in [-0.39, 0.29) is 6.04 Å². The molecule has 0 saturated heterocycles. The molecule has 2 aromatic rings. The van der Waals surface area contributed by atoms with Gasteiger partial charge in [0.25, 0.3) is 0 Å². The van der Waals surface area contributed by atoms with Gasteiger partial charge in [-0.1, -0.05) is 17.7 Å². The summed E-state index contributed by atoms with van der Waals surface area (Å²) in [4.78, 5) is 4.01. The second-order valence-electron chi connectivity index (χ2n) is 4.32. The summed E-state index contributed by atoms with van der Waals surface area (Å²) in [6, 6.07) is 7.51. The van der Waals surface area contributed by atoms with E-state index in [4.69, 9.17) is 21.1 Å². The van der Waals surface area contributed by atoms with Crippen molar-refractivity contribution in [3.63, 3.8) is 0 Å². The normalized spacial score (nSPS) is 12.0. The molecule has 0 fully saturated rings. The van der Waals surface area contributed by atoms with Gasteiger partial charge in [0.15, 0.2) is 0 Å². The predicted molar refractivity (Wildman–Crippen MR) is 79.8 cm³/mol. The number of halogens is 1. The van der Waals surface area contributed by atoms with Crippen molar-refractivity contribution in [2.75, 3.05) is 14.2 Å². The summed E-state index contributed by atoms with van der Waals surface area (Å²) in [6.45, 7) is 2.04. The van der Waals surface area contributed by atoms with E-state index in [9.17, 15) is 0 Å². The molecule has 1 aromatic heterocycles. The average Bonchev–Trinajstić information content (AvgIpc) is 2.46. The summed E-state index contributed by atoms with van der Waals surface area (Å²) < 4.78 is 11.3. The molecule has 106 valence electrons. The Kier molecular flexibility index (Phi) is 4.82. The highest BCUT2D eigenvalue weighted by Gasteiger charge is 2.16. The summed E-state index contributed by atoms with van der Waals surface area (Å²) in [5, 5.41) is 3.73. The number of benzene rings is 1. The molecule has 1 aromatic carbocycles. The minimum absolute atomic E-state index is 0.0910. The maximum Gasteiger partial charge on any atom is 0.147 e. The van der Waals surface area contributed by atoms with E-state index in [0.29, 0.717) is 10.8 Å². The lowest BCUT2D eigenvalue weighted by Crippen LogP contribution is -2.14. The van der Waals surface area contributed by atoms with Crippen LogP contribution in [0.3, 0.4) is 0 Å². The Morgan fingerprint density at radius 2 is 2.00 bits per heavy atom. The highest BCUT2D eigenvalue weighted by Crippen LogP contribution is 2.36. The molecule has 4 nitrogen and oxygen atoms in total. The lowest BCUT2D eigenvalue weighted by atomic mass is 10.1. The zero-order valence-corrected chi connectivity index (χ0v) is 12.4. The summed E-state index contributed by atoms with van der Waals surface area (Å²) in [5.41, 5.74) is 0.956. The molecule has 0 radical (unpaired) electrons. The molecule has 1 atom stereocenters. The van der Waals surface area contributed by atoms with Crippen molar-refractivity contribution < 1.29 is 9.47 Å². The molecule has 0 saturated carbocycles. The molecule has 0 aliphatic carbocycles. The van der Waals surface area contributed by atoms with Crippen LogP contribution in [-0.4, -0.2) is 19.1 Å². The maximum atomic E-state index is 5.92. The van der Waals surface area contributed by atoms with Gasteiger partial charge in [0.2, 0.25) is 0 Å². The average molecular weight is 293 g/mol. The topological polar surface area (TPSA) is 43.4 Å². The minimum Gasteiger partial charge on any atom is -0.496 e. The fraction of sp³-hybridized carbons (Fsp3) is 0.267. The van der Waals surface area contributed by atoms with Crippen LogP contribution in [0.5, 0.6) is 17.2 Å². The van der Waals surface area contributed by atoms with Gasteiger partial charge in [0, 0.05) is 18.3 Å². The first kappa shape index (κ1) is 14.6. The van der Waals surface area contributed by atoms with E-state index >= 15 is 0 Å². The fourth-order valence-corrected chi connectivity index (χ4v) is 2.10. The largest absolute Gasteiger partial charge is 0.496 e. The van der Waals surface area contributed by atoms with Crippen molar-refractivity contribution in [1.29, 1.82) is 0 Å². The van der Waals surface area contributed by atoms with Gasteiger partial charge in [0.1, 0.15) is 17.2 Å². The minimum atomic E-state index is 0.0910. The standard InChI is InChI=1S/C15H17ClN2O2/c1-10(17-2)15-13(19-3)5-4-6-14(15)20-12-7-11(16)8-18-9-12/h4-10,17H,1-3H3. The molecule has 20 heavy (non-hydrogen) atoms. The predicted octanol–water partition coefficient (Wildman–Crippen LogP) is 3.82. The molecule has 2 rings (SSSR count). The van der Waals surface area contributed by atoms with Crippen LogP contribution in [0.15, 0.2) is 36.7 Å². The van der Waals surface area contributed by atoms with Crippen LogP contribution >= 0.6 is 11.6 Å². The van der Waals surface area contributed by atoms with Gasteiger partial charge in [-0.05, 0) is 26.1 Å². The molecule has 0 aliphatic heterocycles. The highest BCUT2D eigenvalue weighted by atomic mass is 35.5. The van der Waals surface area contributed by atoms with Crippen molar-refractivity contribution >= 4 is 11.6 Å². The number of ether oxygens (including phenoxy) is 2. The summed E-state index contributed by atoms with van der Waals surface area (Å²) in [7, 11) is 3.54. The molecular formula is C15H17ClN2O2. The number of hydrogen-bond donors (Lipinski definition) is 1. The molecule has 1 heterocycles. The van der Waals surface area contributed by atoms with Gasteiger partial charge in [-0.2, -0.15) is 0 Å². The number of rotatable bonds is 5. The molecule has 0 spiro atoms. The number of hydrogen-bond acceptors (Lipinski definition) is 4. The quantitative estimate of drug-likeness (QED) is 0.910. The van der Waals surface area contributed by atoms with E-state index in [1.165, 1.54) is 0 Å². The number of nitrogens with one attached hydrogen (secondary N) is 1. The van der Waals surface area contributed by atoms with Gasteiger partial charge >= 0.3 is 0 Å². The maximum absolute atomic E-state index is 5.92. The fourth-order valence-electron chi connectivity index (χ4n) is 1.94. The number of aromatic nitrogens is 1. The van der Waals surface area contributed by atoms with E-state index in [2.05, 4.69) is 10.3 Å².